The highest BCUT2D eigenvalue weighted by Gasteiger charge is 2.48. The van der Waals surface area contributed by atoms with Gasteiger partial charge in [-0.15, -0.1) is 0 Å². The number of amidine groups is 1. The van der Waals surface area contributed by atoms with Crippen molar-refractivity contribution in [1.82, 2.24) is 9.62 Å². The number of halogens is 1. The van der Waals surface area contributed by atoms with E-state index < -0.39 is 15.6 Å². The Labute approximate surface area is 219 Å². The predicted octanol–water partition coefficient (Wildman–Crippen LogP) is 4.06. The molecule has 0 bridgehead atoms. The van der Waals surface area contributed by atoms with Crippen molar-refractivity contribution in [3.8, 4) is 0 Å². The number of carbonyl (C=O) groups excluding carboxylic acids is 2. The summed E-state index contributed by atoms with van der Waals surface area (Å²) >= 11 is 6.38. The number of aliphatic imine (C=N–C) groups is 1. The maximum Gasteiger partial charge on any atom is 0.253 e. The van der Waals surface area contributed by atoms with Gasteiger partial charge in [0.2, 0.25) is 15.9 Å². The third-order valence-corrected chi connectivity index (χ3v) is 10.6. The lowest BCUT2D eigenvalue weighted by Crippen LogP contribution is -2.51. The zero-order valence-corrected chi connectivity index (χ0v) is 23.0. The van der Waals surface area contributed by atoms with Crippen LogP contribution >= 0.6 is 11.6 Å². The molecular formula is C26H37ClN4O4S. The van der Waals surface area contributed by atoms with Gasteiger partial charge >= 0.3 is 0 Å². The second-order valence-electron chi connectivity index (χ2n) is 10.5. The summed E-state index contributed by atoms with van der Waals surface area (Å²) < 4.78 is 27.7. The molecule has 2 fully saturated rings. The van der Waals surface area contributed by atoms with Gasteiger partial charge in [0.05, 0.1) is 16.5 Å². The number of sulfonamides is 1. The Morgan fingerprint density at radius 2 is 1.89 bits per heavy atom. The normalized spacial score (nSPS) is 24.4. The Hall–Kier alpha value is -1.97. The fourth-order valence-corrected chi connectivity index (χ4v) is 7.41. The third kappa shape index (κ3) is 5.63. The molecule has 2 heterocycles. The molecule has 1 spiro atoms. The lowest BCUT2D eigenvalue weighted by molar-refractivity contribution is -0.125. The lowest BCUT2D eigenvalue weighted by atomic mass is 9.80. The highest BCUT2D eigenvalue weighted by atomic mass is 35.5. The van der Waals surface area contributed by atoms with Crippen LogP contribution in [-0.2, 0) is 26.0 Å². The molecule has 1 saturated heterocycles. The van der Waals surface area contributed by atoms with Crippen LogP contribution in [0.4, 0.5) is 5.69 Å². The SMILES string of the molecule is CCC1CCC(C2=NC3(CCN(S(=O)(=O)CCc4ccc(NC(C)=O)c(Cl)c4C)CC3)C(=O)N2)CC1. The average molecular weight is 537 g/mol. The van der Waals surface area contributed by atoms with Crippen molar-refractivity contribution >= 4 is 45.0 Å². The molecule has 0 radical (unpaired) electrons. The van der Waals surface area contributed by atoms with Crippen LogP contribution < -0.4 is 10.6 Å². The van der Waals surface area contributed by atoms with Crippen LogP contribution in [0.25, 0.3) is 0 Å². The maximum atomic E-state index is 13.1. The molecule has 36 heavy (non-hydrogen) atoms. The molecule has 1 saturated carbocycles. The molecule has 0 unspecified atom stereocenters. The first-order chi connectivity index (χ1) is 17.0. The van der Waals surface area contributed by atoms with Gasteiger partial charge in [-0.25, -0.2) is 12.7 Å². The Kier molecular flexibility index (Phi) is 8.12. The summed E-state index contributed by atoms with van der Waals surface area (Å²) in [5, 5.41) is 6.15. The Morgan fingerprint density at radius 1 is 1.22 bits per heavy atom. The van der Waals surface area contributed by atoms with E-state index in [0.29, 0.717) is 35.9 Å². The zero-order valence-electron chi connectivity index (χ0n) is 21.4. The summed E-state index contributed by atoms with van der Waals surface area (Å²) in [7, 11) is -3.51. The number of carbonyl (C=O) groups is 2. The number of rotatable bonds is 7. The van der Waals surface area contributed by atoms with Crippen LogP contribution in [0.15, 0.2) is 17.1 Å². The number of anilines is 1. The molecule has 1 aromatic rings. The molecule has 0 aromatic heterocycles. The number of piperidine rings is 1. The number of nitrogens with one attached hydrogen (secondary N) is 2. The highest BCUT2D eigenvalue weighted by Crippen LogP contribution is 2.37. The van der Waals surface area contributed by atoms with E-state index >= 15 is 0 Å². The molecular weight excluding hydrogens is 500 g/mol. The summed E-state index contributed by atoms with van der Waals surface area (Å²) in [4.78, 5) is 29.1. The molecule has 198 valence electrons. The maximum absolute atomic E-state index is 13.1. The predicted molar refractivity (Wildman–Crippen MR) is 143 cm³/mol. The first kappa shape index (κ1) is 27.1. The molecule has 8 nitrogen and oxygen atoms in total. The van der Waals surface area contributed by atoms with E-state index in [1.807, 2.05) is 6.92 Å². The Bertz CT molecular complexity index is 1150. The number of hydrogen-bond acceptors (Lipinski definition) is 5. The largest absolute Gasteiger partial charge is 0.325 e. The van der Waals surface area contributed by atoms with Gasteiger partial charge in [-0.05, 0) is 75.0 Å². The molecule has 0 atom stereocenters. The van der Waals surface area contributed by atoms with Crippen LogP contribution in [0.5, 0.6) is 0 Å². The van der Waals surface area contributed by atoms with Crippen LogP contribution in [0, 0.1) is 18.8 Å². The minimum absolute atomic E-state index is 0.0436. The van der Waals surface area contributed by atoms with Crippen LogP contribution in [0.3, 0.4) is 0 Å². The molecule has 10 heteroatoms. The molecule has 3 aliphatic rings. The van der Waals surface area contributed by atoms with Crippen molar-refractivity contribution < 1.29 is 18.0 Å². The minimum atomic E-state index is -3.51. The standard InChI is InChI=1S/C26H37ClN4O4S/c1-4-19-5-7-21(8-6-19)24-29-25(33)26(30-24)12-14-31(15-13-26)36(34,35)16-11-20-9-10-22(28-18(3)32)23(27)17(20)2/h9-10,19,21H,4-8,11-16H2,1-3H3,(H,28,32)(H,29,30,33). The summed E-state index contributed by atoms with van der Waals surface area (Å²) in [6.45, 7) is 6.04. The molecule has 2 aliphatic heterocycles. The van der Waals surface area contributed by atoms with Crippen molar-refractivity contribution in [3.63, 3.8) is 0 Å². The van der Waals surface area contributed by atoms with Crippen molar-refractivity contribution in [2.24, 2.45) is 16.8 Å². The molecule has 1 aromatic carbocycles. The van der Waals surface area contributed by atoms with Crippen LogP contribution in [0.2, 0.25) is 5.02 Å². The Balaban J connectivity index is 1.36. The van der Waals surface area contributed by atoms with Gasteiger partial charge < -0.3 is 10.6 Å². The van der Waals surface area contributed by atoms with Crippen molar-refractivity contribution in [2.45, 2.75) is 77.7 Å². The molecule has 2 N–H and O–H groups in total. The summed E-state index contributed by atoms with van der Waals surface area (Å²) in [6.07, 6.45) is 6.80. The third-order valence-electron chi connectivity index (χ3n) is 8.19. The van der Waals surface area contributed by atoms with Crippen molar-refractivity contribution in [2.75, 3.05) is 24.2 Å². The van der Waals surface area contributed by atoms with E-state index in [1.54, 1.807) is 12.1 Å². The Morgan fingerprint density at radius 3 is 2.50 bits per heavy atom. The number of aryl methyl sites for hydroxylation is 1. The van der Waals surface area contributed by atoms with E-state index in [4.69, 9.17) is 16.6 Å². The quantitative estimate of drug-likeness (QED) is 0.547. The first-order valence-electron chi connectivity index (χ1n) is 13.0. The second kappa shape index (κ2) is 10.8. The van der Waals surface area contributed by atoms with Gasteiger partial charge in [0.1, 0.15) is 11.4 Å². The number of benzene rings is 1. The van der Waals surface area contributed by atoms with Gasteiger partial charge in [-0.2, -0.15) is 0 Å². The van der Waals surface area contributed by atoms with E-state index in [9.17, 15) is 18.0 Å². The zero-order chi connectivity index (χ0) is 26.1. The molecule has 1 aliphatic carbocycles. The lowest BCUT2D eigenvalue weighted by Gasteiger charge is -2.34. The van der Waals surface area contributed by atoms with Crippen LogP contribution in [0.1, 0.15) is 69.9 Å². The van der Waals surface area contributed by atoms with Gasteiger partial charge in [-0.3, -0.25) is 14.6 Å². The minimum Gasteiger partial charge on any atom is -0.325 e. The average Bonchev–Trinajstić information content (AvgIpc) is 3.17. The fraction of sp³-hybridized carbons (Fsp3) is 0.654. The second-order valence-corrected chi connectivity index (χ2v) is 12.9. The molecule has 2 amide bonds. The number of hydrogen-bond donors (Lipinski definition) is 2. The van der Waals surface area contributed by atoms with E-state index in [0.717, 1.165) is 35.7 Å². The monoisotopic (exact) mass is 536 g/mol. The summed E-state index contributed by atoms with van der Waals surface area (Å²) in [5.74, 6) is 1.57. The summed E-state index contributed by atoms with van der Waals surface area (Å²) in [5.41, 5.74) is 1.27. The molecule has 4 rings (SSSR count). The van der Waals surface area contributed by atoms with Crippen molar-refractivity contribution in [3.05, 3.63) is 28.3 Å². The van der Waals surface area contributed by atoms with Gasteiger partial charge in [0, 0.05) is 25.9 Å². The smallest absolute Gasteiger partial charge is 0.253 e. The van der Waals surface area contributed by atoms with Crippen LogP contribution in [-0.4, -0.2) is 54.8 Å². The van der Waals surface area contributed by atoms with E-state index in [2.05, 4.69) is 17.6 Å². The topological polar surface area (TPSA) is 108 Å². The van der Waals surface area contributed by atoms with Crippen molar-refractivity contribution in [1.29, 1.82) is 0 Å². The van der Waals surface area contributed by atoms with Gasteiger partial charge in [0.25, 0.3) is 5.91 Å². The highest BCUT2D eigenvalue weighted by molar-refractivity contribution is 7.89. The van der Waals surface area contributed by atoms with Gasteiger partial charge in [-0.1, -0.05) is 31.0 Å². The first-order valence-corrected chi connectivity index (χ1v) is 15.0. The summed E-state index contributed by atoms with van der Waals surface area (Å²) in [6, 6.07) is 3.51. The van der Waals surface area contributed by atoms with Gasteiger partial charge in [0.15, 0.2) is 0 Å². The number of amides is 2. The number of nitrogens with zero attached hydrogens (tertiary/aromatic N) is 2. The fourth-order valence-electron chi connectivity index (χ4n) is 5.70. The van der Waals surface area contributed by atoms with E-state index in [-0.39, 0.29) is 30.7 Å². The van der Waals surface area contributed by atoms with E-state index in [1.165, 1.54) is 30.5 Å².